The number of carbonyl (C=O) groups excluding carboxylic acids is 1. The molecule has 2 aromatic carbocycles. The monoisotopic (exact) mass is 386 g/mol. The van der Waals surface area contributed by atoms with E-state index in [1.165, 1.54) is 24.3 Å². The van der Waals surface area contributed by atoms with E-state index in [1.807, 2.05) is 24.3 Å². The van der Waals surface area contributed by atoms with Crippen LogP contribution in [0.1, 0.15) is 10.4 Å². The molecule has 3 rings (SSSR count). The molecule has 1 aliphatic heterocycles. The minimum atomic E-state index is -0.519. The van der Waals surface area contributed by atoms with Crippen molar-refractivity contribution in [3.63, 3.8) is 0 Å². The zero-order valence-corrected chi connectivity index (χ0v) is 15.2. The zero-order chi connectivity index (χ0) is 19.2. The Morgan fingerprint density at radius 3 is 2.30 bits per heavy atom. The average molecular weight is 386 g/mol. The summed E-state index contributed by atoms with van der Waals surface area (Å²) in [6, 6.07) is 13.0. The fraction of sp³-hybridized carbons (Fsp3) is 0.222. The Balaban J connectivity index is 1.55. The Hall–Kier alpha value is -3.04. The van der Waals surface area contributed by atoms with Crippen molar-refractivity contribution in [2.45, 2.75) is 0 Å². The van der Waals surface area contributed by atoms with Crippen molar-refractivity contribution in [1.29, 1.82) is 0 Å². The van der Waals surface area contributed by atoms with Crippen LogP contribution in [0.15, 0.2) is 48.5 Å². The van der Waals surface area contributed by atoms with E-state index >= 15 is 0 Å². The zero-order valence-electron chi connectivity index (χ0n) is 14.4. The lowest BCUT2D eigenvalue weighted by Crippen LogP contribution is -2.36. The summed E-state index contributed by atoms with van der Waals surface area (Å²) in [5, 5.41) is 16.3. The van der Waals surface area contributed by atoms with Gasteiger partial charge >= 0.3 is 0 Å². The maximum absolute atomic E-state index is 12.2. The summed E-state index contributed by atoms with van der Waals surface area (Å²) in [6.45, 7) is 3.16. The molecule has 2 N–H and O–H groups in total. The Morgan fingerprint density at radius 1 is 1.07 bits per heavy atom. The summed E-state index contributed by atoms with van der Waals surface area (Å²) in [5.41, 5.74) is 2.06. The normalized spacial score (nSPS) is 13.7. The van der Waals surface area contributed by atoms with Gasteiger partial charge in [-0.25, -0.2) is 0 Å². The molecule has 9 heteroatoms. The molecule has 2 aromatic rings. The van der Waals surface area contributed by atoms with Crippen molar-refractivity contribution in [3.05, 3.63) is 64.2 Å². The standard InChI is InChI=1S/C18H18N4O4S/c23-17(13-1-5-16(6-2-13)22(24)25)20-18(27)19-14-3-7-15(8-4-14)21-9-11-26-12-10-21/h1-8H,9-12H2,(H2,19,20,23,27). The highest BCUT2D eigenvalue weighted by molar-refractivity contribution is 7.80. The molecule has 0 spiro atoms. The van der Waals surface area contributed by atoms with E-state index in [2.05, 4.69) is 15.5 Å². The Labute approximate surface area is 161 Å². The van der Waals surface area contributed by atoms with Crippen LogP contribution in [0.2, 0.25) is 0 Å². The Kier molecular flexibility index (Phi) is 5.94. The number of nitro groups is 1. The number of rotatable bonds is 4. The van der Waals surface area contributed by atoms with Crippen LogP contribution >= 0.6 is 12.2 Å². The molecule has 0 saturated carbocycles. The van der Waals surface area contributed by atoms with Gasteiger partial charge in [0.25, 0.3) is 11.6 Å². The molecule has 1 aliphatic rings. The first kappa shape index (κ1) is 18.7. The van der Waals surface area contributed by atoms with Gasteiger partial charge in [-0.3, -0.25) is 20.2 Å². The highest BCUT2D eigenvalue weighted by atomic mass is 32.1. The lowest BCUT2D eigenvalue weighted by molar-refractivity contribution is -0.384. The number of ether oxygens (including phenoxy) is 1. The highest BCUT2D eigenvalue weighted by Crippen LogP contribution is 2.19. The number of anilines is 2. The molecule has 27 heavy (non-hydrogen) atoms. The predicted molar refractivity (Wildman–Crippen MR) is 106 cm³/mol. The molecule has 8 nitrogen and oxygen atoms in total. The predicted octanol–water partition coefficient (Wildman–Crippen LogP) is 2.56. The van der Waals surface area contributed by atoms with E-state index in [9.17, 15) is 14.9 Å². The van der Waals surface area contributed by atoms with Crippen molar-refractivity contribution >= 4 is 40.3 Å². The summed E-state index contributed by atoms with van der Waals surface area (Å²) in [5.74, 6) is -0.438. The van der Waals surface area contributed by atoms with Crippen LogP contribution in [0.4, 0.5) is 17.1 Å². The number of nitro benzene ring substituents is 1. The quantitative estimate of drug-likeness (QED) is 0.473. The van der Waals surface area contributed by atoms with Crippen molar-refractivity contribution in [2.24, 2.45) is 0 Å². The summed E-state index contributed by atoms with van der Waals surface area (Å²) < 4.78 is 5.34. The molecule has 0 aromatic heterocycles. The largest absolute Gasteiger partial charge is 0.378 e. The Morgan fingerprint density at radius 2 is 1.70 bits per heavy atom. The van der Waals surface area contributed by atoms with Gasteiger partial charge in [-0.2, -0.15) is 0 Å². The molecular weight excluding hydrogens is 368 g/mol. The minimum Gasteiger partial charge on any atom is -0.378 e. The molecule has 140 valence electrons. The highest BCUT2D eigenvalue weighted by Gasteiger charge is 2.12. The van der Waals surface area contributed by atoms with E-state index < -0.39 is 10.8 Å². The lowest BCUT2D eigenvalue weighted by Gasteiger charge is -2.28. The average Bonchev–Trinajstić information content (AvgIpc) is 2.69. The molecule has 0 unspecified atom stereocenters. The second kappa shape index (κ2) is 8.56. The summed E-state index contributed by atoms with van der Waals surface area (Å²) in [6.07, 6.45) is 0. The molecule has 1 heterocycles. The van der Waals surface area contributed by atoms with Gasteiger partial charge in [-0.05, 0) is 48.6 Å². The van der Waals surface area contributed by atoms with Gasteiger partial charge in [-0.15, -0.1) is 0 Å². The number of hydrogen-bond donors (Lipinski definition) is 2. The van der Waals surface area contributed by atoms with Crippen LogP contribution < -0.4 is 15.5 Å². The van der Waals surface area contributed by atoms with Gasteiger partial charge in [0.2, 0.25) is 0 Å². The fourth-order valence-corrected chi connectivity index (χ4v) is 2.86. The number of carbonyl (C=O) groups is 1. The molecular formula is C18H18N4O4S. The molecule has 1 amide bonds. The van der Waals surface area contributed by atoms with Gasteiger partial charge in [0.05, 0.1) is 18.1 Å². The van der Waals surface area contributed by atoms with Gasteiger partial charge in [0.15, 0.2) is 5.11 Å². The van der Waals surface area contributed by atoms with Gasteiger partial charge in [-0.1, -0.05) is 0 Å². The first-order valence-electron chi connectivity index (χ1n) is 8.32. The van der Waals surface area contributed by atoms with E-state index in [4.69, 9.17) is 17.0 Å². The van der Waals surface area contributed by atoms with Crippen LogP contribution in [-0.2, 0) is 4.74 Å². The lowest BCUT2D eigenvalue weighted by atomic mass is 10.2. The fourth-order valence-electron chi connectivity index (χ4n) is 2.65. The number of morpholine rings is 1. The molecule has 1 saturated heterocycles. The molecule has 0 atom stereocenters. The number of hydrogen-bond acceptors (Lipinski definition) is 6. The van der Waals surface area contributed by atoms with Crippen LogP contribution in [0.5, 0.6) is 0 Å². The third-order valence-electron chi connectivity index (χ3n) is 4.07. The third kappa shape index (κ3) is 4.99. The van der Waals surface area contributed by atoms with Crippen LogP contribution in [-0.4, -0.2) is 42.2 Å². The Bertz CT molecular complexity index is 833. The number of amides is 1. The number of non-ortho nitro benzene ring substituents is 1. The maximum Gasteiger partial charge on any atom is 0.269 e. The summed E-state index contributed by atoms with van der Waals surface area (Å²) >= 11 is 5.16. The molecule has 0 bridgehead atoms. The molecule has 0 aliphatic carbocycles. The van der Waals surface area contributed by atoms with Crippen molar-refractivity contribution < 1.29 is 14.5 Å². The first-order valence-corrected chi connectivity index (χ1v) is 8.73. The first-order chi connectivity index (χ1) is 13.0. The number of nitrogens with zero attached hydrogens (tertiary/aromatic N) is 2. The second-order valence-electron chi connectivity index (χ2n) is 5.86. The summed E-state index contributed by atoms with van der Waals surface area (Å²) in [4.78, 5) is 24.5. The number of thiocarbonyl (C=S) groups is 1. The van der Waals surface area contributed by atoms with Crippen molar-refractivity contribution in [3.8, 4) is 0 Å². The van der Waals surface area contributed by atoms with Gasteiger partial charge < -0.3 is 15.0 Å². The van der Waals surface area contributed by atoms with Gasteiger partial charge in [0.1, 0.15) is 0 Å². The molecule has 1 fully saturated rings. The van der Waals surface area contributed by atoms with E-state index in [1.54, 1.807) is 0 Å². The second-order valence-corrected chi connectivity index (χ2v) is 6.27. The van der Waals surface area contributed by atoms with Gasteiger partial charge in [0, 0.05) is 42.2 Å². The topological polar surface area (TPSA) is 96.7 Å². The van der Waals surface area contributed by atoms with E-state index in [-0.39, 0.29) is 16.4 Å². The van der Waals surface area contributed by atoms with Crippen LogP contribution in [0.3, 0.4) is 0 Å². The smallest absolute Gasteiger partial charge is 0.269 e. The van der Waals surface area contributed by atoms with Crippen molar-refractivity contribution in [2.75, 3.05) is 36.5 Å². The molecule has 0 radical (unpaired) electrons. The van der Waals surface area contributed by atoms with Crippen LogP contribution in [0.25, 0.3) is 0 Å². The van der Waals surface area contributed by atoms with E-state index in [0.717, 1.165) is 37.7 Å². The SMILES string of the molecule is O=C(NC(=S)Nc1ccc(N2CCOCC2)cc1)c1ccc([N+](=O)[O-])cc1. The number of benzene rings is 2. The third-order valence-corrected chi connectivity index (χ3v) is 4.27. The van der Waals surface area contributed by atoms with E-state index in [0.29, 0.717) is 0 Å². The summed E-state index contributed by atoms with van der Waals surface area (Å²) in [7, 11) is 0. The minimum absolute atomic E-state index is 0.0763. The maximum atomic E-state index is 12.2. The van der Waals surface area contributed by atoms with Crippen LogP contribution in [0, 0.1) is 10.1 Å². The number of nitrogens with one attached hydrogen (secondary N) is 2. The van der Waals surface area contributed by atoms with Crippen molar-refractivity contribution in [1.82, 2.24) is 5.32 Å².